The fourth-order valence-electron chi connectivity index (χ4n) is 2.61. The molecule has 3 nitrogen and oxygen atoms in total. The zero-order valence-corrected chi connectivity index (χ0v) is 11.0. The molecule has 0 saturated carbocycles. The van der Waals surface area contributed by atoms with Crippen LogP contribution in [0.15, 0.2) is 12.1 Å². The first-order chi connectivity index (χ1) is 8.80. The Morgan fingerprint density at radius 2 is 1.89 bits per heavy atom. The van der Waals surface area contributed by atoms with Gasteiger partial charge < -0.3 is 10.0 Å². The first-order valence-electron chi connectivity index (χ1n) is 6.27. The topological polar surface area (TPSA) is 40.5 Å². The van der Waals surface area contributed by atoms with E-state index < -0.39 is 17.6 Å². The normalized spacial score (nSPS) is 18.4. The standard InChI is InChI=1S/C14H17F2NO2/c1-14(2)4-3-5-17(8-14)12-10(15)6-9(13(18)19)7-11(12)16/h6-7H,3-5,8H2,1-2H3,(H,18,19). The maximum absolute atomic E-state index is 14.0. The van der Waals surface area contributed by atoms with Gasteiger partial charge in [0.05, 0.1) is 5.56 Å². The molecule has 0 amide bonds. The summed E-state index contributed by atoms with van der Waals surface area (Å²) >= 11 is 0. The van der Waals surface area contributed by atoms with Gasteiger partial charge in [-0.25, -0.2) is 13.6 Å². The van der Waals surface area contributed by atoms with Gasteiger partial charge in [0.2, 0.25) is 0 Å². The Kier molecular flexibility index (Phi) is 3.47. The third kappa shape index (κ3) is 2.85. The molecule has 2 rings (SSSR count). The number of hydrogen-bond acceptors (Lipinski definition) is 2. The maximum Gasteiger partial charge on any atom is 0.335 e. The van der Waals surface area contributed by atoms with E-state index in [0.29, 0.717) is 13.1 Å². The fourth-order valence-corrected chi connectivity index (χ4v) is 2.61. The minimum atomic E-state index is -1.33. The molecule has 0 spiro atoms. The van der Waals surface area contributed by atoms with Crippen LogP contribution in [0.5, 0.6) is 0 Å². The molecular weight excluding hydrogens is 252 g/mol. The molecule has 19 heavy (non-hydrogen) atoms. The van der Waals surface area contributed by atoms with E-state index >= 15 is 0 Å². The highest BCUT2D eigenvalue weighted by Crippen LogP contribution is 2.34. The van der Waals surface area contributed by atoms with Crippen LogP contribution in [0.4, 0.5) is 14.5 Å². The minimum absolute atomic E-state index is 0.00258. The number of halogens is 2. The number of carbonyl (C=O) groups is 1. The van der Waals surface area contributed by atoms with Crippen LogP contribution in [-0.4, -0.2) is 24.2 Å². The number of carboxylic acid groups (broad SMARTS) is 1. The summed E-state index contributed by atoms with van der Waals surface area (Å²) < 4.78 is 27.9. The lowest BCUT2D eigenvalue weighted by Crippen LogP contribution is -2.41. The maximum atomic E-state index is 14.0. The average molecular weight is 269 g/mol. The number of nitrogens with zero attached hydrogens (tertiary/aromatic N) is 1. The van der Waals surface area contributed by atoms with Gasteiger partial charge in [-0.15, -0.1) is 0 Å². The number of anilines is 1. The molecule has 0 radical (unpaired) electrons. The molecule has 1 fully saturated rings. The molecule has 0 aliphatic carbocycles. The van der Waals surface area contributed by atoms with Crippen LogP contribution in [-0.2, 0) is 0 Å². The van der Waals surface area contributed by atoms with Crippen LogP contribution in [0.25, 0.3) is 0 Å². The molecule has 5 heteroatoms. The summed E-state index contributed by atoms with van der Waals surface area (Å²) in [7, 11) is 0. The van der Waals surface area contributed by atoms with E-state index in [4.69, 9.17) is 5.11 Å². The van der Waals surface area contributed by atoms with Gasteiger partial charge in [-0.3, -0.25) is 0 Å². The second kappa shape index (κ2) is 4.79. The first kappa shape index (κ1) is 13.8. The van der Waals surface area contributed by atoms with Gasteiger partial charge in [-0.05, 0) is 30.4 Å². The summed E-state index contributed by atoms with van der Waals surface area (Å²) in [6, 6.07) is 1.75. The zero-order valence-electron chi connectivity index (χ0n) is 11.0. The van der Waals surface area contributed by atoms with E-state index in [1.165, 1.54) is 0 Å². The number of aromatic carboxylic acids is 1. The van der Waals surface area contributed by atoms with E-state index in [9.17, 15) is 13.6 Å². The molecule has 1 aliphatic rings. The Labute approximate surface area is 110 Å². The van der Waals surface area contributed by atoms with Crippen molar-refractivity contribution in [1.29, 1.82) is 0 Å². The monoisotopic (exact) mass is 269 g/mol. The number of carboxylic acids is 1. The van der Waals surface area contributed by atoms with Crippen molar-refractivity contribution >= 4 is 11.7 Å². The Balaban J connectivity index is 2.37. The van der Waals surface area contributed by atoms with E-state index in [1.54, 1.807) is 4.90 Å². The van der Waals surface area contributed by atoms with Gasteiger partial charge in [-0.2, -0.15) is 0 Å². The van der Waals surface area contributed by atoms with Gasteiger partial charge in [0.15, 0.2) is 0 Å². The first-order valence-corrected chi connectivity index (χ1v) is 6.27. The zero-order chi connectivity index (χ0) is 14.2. The van der Waals surface area contributed by atoms with Crippen LogP contribution < -0.4 is 4.90 Å². The fraction of sp³-hybridized carbons (Fsp3) is 0.500. The van der Waals surface area contributed by atoms with Crippen molar-refractivity contribution in [2.24, 2.45) is 5.41 Å². The summed E-state index contributed by atoms with van der Waals surface area (Å²) in [5.74, 6) is -2.95. The predicted molar refractivity (Wildman–Crippen MR) is 68.5 cm³/mol. The van der Waals surface area contributed by atoms with Crippen molar-refractivity contribution in [3.05, 3.63) is 29.3 Å². The summed E-state index contributed by atoms with van der Waals surface area (Å²) in [5, 5.41) is 8.77. The summed E-state index contributed by atoms with van der Waals surface area (Å²) in [4.78, 5) is 12.4. The van der Waals surface area contributed by atoms with Crippen LogP contribution in [0.2, 0.25) is 0 Å². The van der Waals surface area contributed by atoms with E-state index in [1.807, 2.05) is 0 Å². The molecule has 1 saturated heterocycles. The lowest BCUT2D eigenvalue weighted by molar-refractivity contribution is 0.0695. The van der Waals surface area contributed by atoms with Crippen LogP contribution >= 0.6 is 0 Å². The lowest BCUT2D eigenvalue weighted by Gasteiger charge is -2.39. The molecule has 1 aliphatic heterocycles. The highest BCUT2D eigenvalue weighted by molar-refractivity contribution is 5.88. The number of rotatable bonds is 2. The van der Waals surface area contributed by atoms with Crippen molar-refractivity contribution in [1.82, 2.24) is 0 Å². The van der Waals surface area contributed by atoms with Crippen molar-refractivity contribution in [2.75, 3.05) is 18.0 Å². The number of piperidine rings is 1. The molecule has 1 aromatic carbocycles. The van der Waals surface area contributed by atoms with Crippen LogP contribution in [0.3, 0.4) is 0 Å². The Morgan fingerprint density at radius 1 is 1.32 bits per heavy atom. The second-order valence-corrected chi connectivity index (χ2v) is 5.78. The van der Waals surface area contributed by atoms with Gasteiger partial charge in [0.1, 0.15) is 17.3 Å². The van der Waals surface area contributed by atoms with Crippen LogP contribution in [0.1, 0.15) is 37.0 Å². The number of hydrogen-bond donors (Lipinski definition) is 1. The number of benzene rings is 1. The quantitative estimate of drug-likeness (QED) is 0.895. The molecular formula is C14H17F2NO2. The van der Waals surface area contributed by atoms with Gasteiger partial charge in [-0.1, -0.05) is 13.8 Å². The Hall–Kier alpha value is -1.65. The van der Waals surface area contributed by atoms with E-state index in [-0.39, 0.29) is 16.7 Å². The third-order valence-corrected chi connectivity index (χ3v) is 3.48. The largest absolute Gasteiger partial charge is 0.478 e. The molecule has 1 heterocycles. The van der Waals surface area contributed by atoms with Crippen molar-refractivity contribution in [3.8, 4) is 0 Å². The molecule has 0 bridgehead atoms. The van der Waals surface area contributed by atoms with E-state index in [0.717, 1.165) is 25.0 Å². The molecule has 0 atom stereocenters. The smallest absolute Gasteiger partial charge is 0.335 e. The predicted octanol–water partition coefficient (Wildman–Crippen LogP) is 3.29. The second-order valence-electron chi connectivity index (χ2n) is 5.78. The molecule has 1 N–H and O–H groups in total. The third-order valence-electron chi connectivity index (χ3n) is 3.48. The Morgan fingerprint density at radius 3 is 2.37 bits per heavy atom. The highest BCUT2D eigenvalue weighted by atomic mass is 19.1. The molecule has 1 aromatic rings. The SMILES string of the molecule is CC1(C)CCCN(c2c(F)cc(C(=O)O)cc2F)C1. The summed E-state index contributed by atoms with van der Waals surface area (Å²) in [6.07, 6.45) is 1.88. The summed E-state index contributed by atoms with van der Waals surface area (Å²) in [5.41, 5.74) is -0.476. The van der Waals surface area contributed by atoms with Gasteiger partial charge in [0.25, 0.3) is 0 Å². The molecule has 104 valence electrons. The molecule has 0 aromatic heterocycles. The minimum Gasteiger partial charge on any atom is -0.478 e. The van der Waals surface area contributed by atoms with Crippen LogP contribution in [0, 0.1) is 17.0 Å². The van der Waals surface area contributed by atoms with Crippen molar-refractivity contribution in [2.45, 2.75) is 26.7 Å². The van der Waals surface area contributed by atoms with Crippen molar-refractivity contribution < 1.29 is 18.7 Å². The van der Waals surface area contributed by atoms with Crippen molar-refractivity contribution in [3.63, 3.8) is 0 Å². The van der Waals surface area contributed by atoms with E-state index in [2.05, 4.69) is 13.8 Å². The highest BCUT2D eigenvalue weighted by Gasteiger charge is 2.29. The van der Waals surface area contributed by atoms with Gasteiger partial charge >= 0.3 is 5.97 Å². The average Bonchev–Trinajstić information content (AvgIpc) is 2.26. The lowest BCUT2D eigenvalue weighted by atomic mass is 9.84. The molecule has 0 unspecified atom stereocenters. The Bertz CT molecular complexity index is 491. The van der Waals surface area contributed by atoms with Gasteiger partial charge in [0, 0.05) is 13.1 Å². The summed E-state index contributed by atoms with van der Waals surface area (Å²) in [6.45, 7) is 5.26.